The fraction of sp³-hybridized carbons (Fsp3) is 0.600. The molecule has 1 aliphatic heterocycles. The van der Waals surface area contributed by atoms with Gasteiger partial charge in [-0.25, -0.2) is 8.42 Å². The molecule has 0 aromatic heterocycles. The Labute approximate surface area is 131 Å². The summed E-state index contributed by atoms with van der Waals surface area (Å²) in [4.78, 5) is 0.221. The lowest BCUT2D eigenvalue weighted by molar-refractivity contribution is 0.239. The summed E-state index contributed by atoms with van der Waals surface area (Å²) < 4.78 is 27.3. The van der Waals surface area contributed by atoms with Crippen LogP contribution in [0.5, 0.6) is 0 Å². The lowest BCUT2D eigenvalue weighted by atomic mass is 10.0. The standard InChI is InChI=1S/C15H22ClNO3S/c1-2-5-13-6-3-4-9-17(13)21(19,20)14-7-8-15(16)12(10-14)11-18/h7-8,10,13,18H,2-6,9,11H2,1H3. The van der Waals surface area contributed by atoms with Gasteiger partial charge in [-0.05, 0) is 43.0 Å². The molecule has 2 rings (SSSR count). The van der Waals surface area contributed by atoms with Gasteiger partial charge >= 0.3 is 0 Å². The summed E-state index contributed by atoms with van der Waals surface area (Å²) in [7, 11) is -3.52. The van der Waals surface area contributed by atoms with Crippen molar-refractivity contribution in [2.75, 3.05) is 6.54 Å². The Morgan fingerprint density at radius 2 is 2.14 bits per heavy atom. The van der Waals surface area contributed by atoms with E-state index in [1.54, 1.807) is 10.4 Å². The van der Waals surface area contributed by atoms with Gasteiger partial charge in [0.05, 0.1) is 11.5 Å². The average Bonchev–Trinajstić information content (AvgIpc) is 2.48. The van der Waals surface area contributed by atoms with Crippen LogP contribution < -0.4 is 0 Å². The molecular formula is C15H22ClNO3S. The summed E-state index contributed by atoms with van der Waals surface area (Å²) >= 11 is 5.94. The van der Waals surface area contributed by atoms with Gasteiger partial charge in [0.1, 0.15) is 0 Å². The minimum atomic E-state index is -3.52. The van der Waals surface area contributed by atoms with Gasteiger partial charge in [-0.1, -0.05) is 31.4 Å². The van der Waals surface area contributed by atoms with Gasteiger partial charge in [-0.2, -0.15) is 4.31 Å². The number of halogens is 1. The molecular weight excluding hydrogens is 310 g/mol. The van der Waals surface area contributed by atoms with Crippen molar-refractivity contribution in [2.45, 2.75) is 56.6 Å². The van der Waals surface area contributed by atoms with Crippen LogP contribution in [0.1, 0.15) is 44.6 Å². The Morgan fingerprint density at radius 3 is 2.81 bits per heavy atom. The Balaban J connectivity index is 2.35. The highest BCUT2D eigenvalue weighted by atomic mass is 35.5. The lowest BCUT2D eigenvalue weighted by Crippen LogP contribution is -2.43. The summed E-state index contributed by atoms with van der Waals surface area (Å²) in [5.41, 5.74) is 0.446. The zero-order valence-corrected chi connectivity index (χ0v) is 13.8. The van der Waals surface area contributed by atoms with E-state index in [0.717, 1.165) is 32.1 Å². The molecule has 118 valence electrons. The Kier molecular flexibility index (Phi) is 5.66. The molecule has 1 unspecified atom stereocenters. The minimum Gasteiger partial charge on any atom is -0.392 e. The van der Waals surface area contributed by atoms with Crippen LogP contribution in [-0.2, 0) is 16.6 Å². The quantitative estimate of drug-likeness (QED) is 0.901. The number of nitrogens with zero attached hydrogens (tertiary/aromatic N) is 1. The van der Waals surface area contributed by atoms with Crippen LogP contribution in [-0.4, -0.2) is 30.4 Å². The molecule has 0 bridgehead atoms. The zero-order chi connectivity index (χ0) is 15.5. The van der Waals surface area contributed by atoms with Gasteiger partial charge < -0.3 is 5.11 Å². The topological polar surface area (TPSA) is 57.6 Å². The third-order valence-electron chi connectivity index (χ3n) is 3.99. The molecule has 1 aromatic rings. The monoisotopic (exact) mass is 331 g/mol. The molecule has 0 spiro atoms. The second-order valence-corrected chi connectivity index (χ2v) is 7.76. The molecule has 0 aliphatic carbocycles. The van der Waals surface area contributed by atoms with Crippen LogP contribution >= 0.6 is 11.6 Å². The lowest BCUT2D eigenvalue weighted by Gasteiger charge is -2.34. The molecule has 1 aliphatic rings. The van der Waals surface area contributed by atoms with Crippen molar-refractivity contribution >= 4 is 21.6 Å². The second-order valence-electron chi connectivity index (χ2n) is 5.47. The van der Waals surface area contributed by atoms with Gasteiger partial charge in [-0.3, -0.25) is 0 Å². The first kappa shape index (κ1) is 16.7. The number of benzene rings is 1. The molecule has 6 heteroatoms. The van der Waals surface area contributed by atoms with Crippen LogP contribution in [0.15, 0.2) is 23.1 Å². The summed E-state index contributed by atoms with van der Waals surface area (Å²) in [6.07, 6.45) is 4.77. The highest BCUT2D eigenvalue weighted by molar-refractivity contribution is 7.89. The largest absolute Gasteiger partial charge is 0.392 e. The summed E-state index contributed by atoms with van der Waals surface area (Å²) in [6, 6.07) is 4.63. The molecule has 1 fully saturated rings. The van der Waals surface area contributed by atoms with Gasteiger partial charge in [-0.15, -0.1) is 0 Å². The fourth-order valence-electron chi connectivity index (χ4n) is 2.88. The normalized spacial score (nSPS) is 20.6. The van der Waals surface area contributed by atoms with Crippen molar-refractivity contribution in [3.8, 4) is 0 Å². The predicted octanol–water partition coefficient (Wildman–Crippen LogP) is 3.18. The van der Waals surface area contributed by atoms with E-state index in [2.05, 4.69) is 6.92 Å². The summed E-state index contributed by atoms with van der Waals surface area (Å²) in [6.45, 7) is 2.39. The van der Waals surface area contributed by atoms with Crippen LogP contribution in [0.4, 0.5) is 0 Å². The molecule has 1 heterocycles. The van der Waals surface area contributed by atoms with Gasteiger partial charge in [0.25, 0.3) is 0 Å². The third-order valence-corrected chi connectivity index (χ3v) is 6.31. The van der Waals surface area contributed by atoms with Crippen LogP contribution in [0.3, 0.4) is 0 Å². The first-order valence-corrected chi connectivity index (χ1v) is 9.23. The predicted molar refractivity (Wildman–Crippen MR) is 83.8 cm³/mol. The number of piperidine rings is 1. The van der Waals surface area contributed by atoms with Crippen LogP contribution in [0.2, 0.25) is 5.02 Å². The molecule has 0 radical (unpaired) electrons. The number of aliphatic hydroxyl groups is 1. The maximum atomic E-state index is 12.9. The zero-order valence-electron chi connectivity index (χ0n) is 12.3. The van der Waals surface area contributed by atoms with E-state index in [9.17, 15) is 13.5 Å². The van der Waals surface area contributed by atoms with Gasteiger partial charge in [0.15, 0.2) is 0 Å². The maximum Gasteiger partial charge on any atom is 0.243 e. The van der Waals surface area contributed by atoms with E-state index in [-0.39, 0.29) is 17.5 Å². The van der Waals surface area contributed by atoms with E-state index in [1.807, 2.05) is 0 Å². The maximum absolute atomic E-state index is 12.9. The van der Waals surface area contributed by atoms with E-state index >= 15 is 0 Å². The van der Waals surface area contributed by atoms with E-state index < -0.39 is 10.0 Å². The van der Waals surface area contributed by atoms with Crippen molar-refractivity contribution in [2.24, 2.45) is 0 Å². The third kappa shape index (κ3) is 3.59. The Bertz CT molecular complexity index is 587. The molecule has 0 amide bonds. The van der Waals surface area contributed by atoms with Crippen molar-refractivity contribution < 1.29 is 13.5 Å². The molecule has 1 saturated heterocycles. The highest BCUT2D eigenvalue weighted by Crippen LogP contribution is 2.29. The molecule has 21 heavy (non-hydrogen) atoms. The first-order chi connectivity index (χ1) is 10.0. The van der Waals surface area contributed by atoms with Gasteiger partial charge in [0, 0.05) is 17.6 Å². The van der Waals surface area contributed by atoms with E-state index in [0.29, 0.717) is 17.1 Å². The molecule has 4 nitrogen and oxygen atoms in total. The molecule has 1 atom stereocenters. The van der Waals surface area contributed by atoms with Crippen molar-refractivity contribution in [1.29, 1.82) is 0 Å². The Hall–Kier alpha value is -0.620. The smallest absolute Gasteiger partial charge is 0.243 e. The molecule has 0 saturated carbocycles. The number of rotatable bonds is 5. The van der Waals surface area contributed by atoms with Crippen molar-refractivity contribution in [3.05, 3.63) is 28.8 Å². The SMILES string of the molecule is CCCC1CCCCN1S(=O)(=O)c1ccc(Cl)c(CO)c1. The van der Waals surface area contributed by atoms with Crippen molar-refractivity contribution in [1.82, 2.24) is 4.31 Å². The number of sulfonamides is 1. The van der Waals surface area contributed by atoms with E-state index in [1.165, 1.54) is 12.1 Å². The summed E-state index contributed by atoms with van der Waals surface area (Å²) in [5, 5.41) is 9.65. The molecule has 1 aromatic carbocycles. The highest BCUT2D eigenvalue weighted by Gasteiger charge is 2.33. The first-order valence-electron chi connectivity index (χ1n) is 7.41. The van der Waals surface area contributed by atoms with E-state index in [4.69, 9.17) is 11.6 Å². The van der Waals surface area contributed by atoms with Gasteiger partial charge in [0.2, 0.25) is 10.0 Å². The van der Waals surface area contributed by atoms with Crippen molar-refractivity contribution in [3.63, 3.8) is 0 Å². The summed E-state index contributed by atoms with van der Waals surface area (Å²) in [5.74, 6) is 0. The Morgan fingerprint density at radius 1 is 1.38 bits per heavy atom. The minimum absolute atomic E-state index is 0.0852. The second kappa shape index (κ2) is 7.09. The fourth-order valence-corrected chi connectivity index (χ4v) is 4.83. The van der Waals surface area contributed by atoms with Crippen LogP contribution in [0, 0.1) is 0 Å². The average molecular weight is 332 g/mol. The molecule has 1 N–H and O–H groups in total. The number of hydrogen-bond acceptors (Lipinski definition) is 3. The number of hydrogen-bond donors (Lipinski definition) is 1. The number of aliphatic hydroxyl groups excluding tert-OH is 1. The van der Waals surface area contributed by atoms with Crippen LogP contribution in [0.25, 0.3) is 0 Å².